The molecule has 0 saturated carbocycles. The van der Waals surface area contributed by atoms with E-state index in [1.54, 1.807) is 0 Å². The molecule has 18 heavy (non-hydrogen) atoms. The molecule has 92 valence electrons. The fourth-order valence-electron chi connectivity index (χ4n) is 3.10. The normalized spacial score (nSPS) is 26.7. The summed E-state index contributed by atoms with van der Waals surface area (Å²) in [5.41, 5.74) is 3.33. The highest BCUT2D eigenvalue weighted by molar-refractivity contribution is 6.30. The van der Waals surface area contributed by atoms with Gasteiger partial charge in [-0.05, 0) is 60.4 Å². The van der Waals surface area contributed by atoms with Crippen molar-refractivity contribution < 1.29 is 0 Å². The summed E-state index contributed by atoms with van der Waals surface area (Å²) in [5, 5.41) is 8.79. The molecule has 3 rings (SSSR count). The number of halogens is 1. The fraction of sp³-hybridized carbons (Fsp3) is 0.312. The second kappa shape index (κ2) is 4.74. The van der Waals surface area contributed by atoms with Crippen molar-refractivity contribution in [3.63, 3.8) is 0 Å². The third kappa shape index (κ3) is 2.15. The fourth-order valence-corrected chi connectivity index (χ4v) is 3.30. The molecule has 1 aromatic carbocycles. The first-order valence-electron chi connectivity index (χ1n) is 6.45. The van der Waals surface area contributed by atoms with Gasteiger partial charge in [0.1, 0.15) is 0 Å². The Morgan fingerprint density at radius 1 is 1.22 bits per heavy atom. The van der Waals surface area contributed by atoms with Gasteiger partial charge in [0.2, 0.25) is 0 Å². The molecule has 0 bridgehead atoms. The lowest BCUT2D eigenvalue weighted by atomic mass is 9.70. The lowest BCUT2D eigenvalue weighted by Gasteiger charge is -2.34. The molecule has 2 aliphatic rings. The summed E-state index contributed by atoms with van der Waals surface area (Å²) < 4.78 is 0. The Balaban J connectivity index is 2.00. The average Bonchev–Trinajstić information content (AvgIpc) is 2.37. The Hall–Kier alpha value is -1.34. The lowest BCUT2D eigenvalue weighted by molar-refractivity contribution is 0.455. The second-order valence-electron chi connectivity index (χ2n) is 5.12. The summed E-state index contributed by atoms with van der Waals surface area (Å²) in [5.74, 6) is 0.976. The van der Waals surface area contributed by atoms with Crippen LogP contribution < -0.4 is 0 Å². The predicted molar refractivity (Wildman–Crippen MR) is 76.5 cm³/mol. The molecule has 0 spiro atoms. The highest BCUT2D eigenvalue weighted by Crippen LogP contribution is 2.42. The van der Waals surface area contributed by atoms with Gasteiger partial charge in [-0.15, -0.1) is 0 Å². The lowest BCUT2D eigenvalue weighted by Crippen LogP contribution is -2.24. The Labute approximate surface area is 113 Å². The van der Waals surface area contributed by atoms with E-state index in [1.165, 1.54) is 17.6 Å². The smallest absolute Gasteiger partial charge is 0.0408 e. The first kappa shape index (κ1) is 11.7. The van der Waals surface area contributed by atoms with E-state index in [-0.39, 0.29) is 0 Å². The van der Waals surface area contributed by atoms with Gasteiger partial charge in [0.15, 0.2) is 0 Å². The molecular formula is C16H16ClN. The number of nitrogens with one attached hydrogen (secondary N) is 1. The summed E-state index contributed by atoms with van der Waals surface area (Å²) in [6.07, 6.45) is 9.62. The van der Waals surface area contributed by atoms with Gasteiger partial charge in [-0.3, -0.25) is 0 Å². The van der Waals surface area contributed by atoms with Crippen LogP contribution in [0.2, 0.25) is 5.02 Å². The van der Waals surface area contributed by atoms with Gasteiger partial charge in [0, 0.05) is 10.7 Å². The molecular weight excluding hydrogens is 242 g/mol. The zero-order valence-corrected chi connectivity index (χ0v) is 11.0. The topological polar surface area (TPSA) is 23.9 Å². The van der Waals surface area contributed by atoms with Crippen LogP contribution in [0, 0.1) is 11.3 Å². The highest BCUT2D eigenvalue weighted by atomic mass is 35.5. The monoisotopic (exact) mass is 257 g/mol. The van der Waals surface area contributed by atoms with Crippen LogP contribution in [0.3, 0.4) is 0 Å². The number of rotatable bonds is 1. The van der Waals surface area contributed by atoms with Crippen LogP contribution in [-0.4, -0.2) is 5.71 Å². The van der Waals surface area contributed by atoms with Gasteiger partial charge >= 0.3 is 0 Å². The summed E-state index contributed by atoms with van der Waals surface area (Å²) >= 11 is 6.09. The van der Waals surface area contributed by atoms with E-state index >= 15 is 0 Å². The second-order valence-corrected chi connectivity index (χ2v) is 5.56. The molecule has 1 N–H and O–H groups in total. The average molecular weight is 258 g/mol. The molecule has 0 saturated heterocycles. The van der Waals surface area contributed by atoms with Gasteiger partial charge in [0.05, 0.1) is 0 Å². The van der Waals surface area contributed by atoms with Crippen molar-refractivity contribution in [2.75, 3.05) is 0 Å². The van der Waals surface area contributed by atoms with E-state index in [9.17, 15) is 0 Å². The van der Waals surface area contributed by atoms with Gasteiger partial charge in [0.25, 0.3) is 0 Å². The van der Waals surface area contributed by atoms with Crippen molar-refractivity contribution in [2.24, 2.45) is 5.92 Å². The quantitative estimate of drug-likeness (QED) is 0.751. The van der Waals surface area contributed by atoms with E-state index in [0.717, 1.165) is 23.6 Å². The number of hydrogen-bond acceptors (Lipinski definition) is 1. The van der Waals surface area contributed by atoms with Crippen molar-refractivity contribution in [3.05, 3.63) is 58.7 Å². The molecule has 1 aromatic rings. The van der Waals surface area contributed by atoms with E-state index in [0.29, 0.717) is 11.8 Å². The van der Waals surface area contributed by atoms with Crippen molar-refractivity contribution in [1.82, 2.24) is 0 Å². The largest absolute Gasteiger partial charge is 0.305 e. The standard InChI is InChI=1S/C16H16ClN/c17-13-6-3-5-11(8-13)16-10-14(18)9-12-4-1-2-7-15(12)16/h1,3-6,8-9,15-16,18H,2,7,10H2. The molecule has 2 atom stereocenters. The van der Waals surface area contributed by atoms with Gasteiger partial charge in [-0.1, -0.05) is 35.9 Å². The molecule has 0 amide bonds. The van der Waals surface area contributed by atoms with Crippen molar-refractivity contribution in [2.45, 2.75) is 25.2 Å². The van der Waals surface area contributed by atoms with Crippen molar-refractivity contribution in [1.29, 1.82) is 5.41 Å². The minimum absolute atomic E-state index is 0.418. The molecule has 1 nitrogen and oxygen atoms in total. The molecule has 2 aliphatic carbocycles. The summed E-state index contributed by atoms with van der Waals surface area (Å²) in [6.45, 7) is 0. The Morgan fingerprint density at radius 3 is 2.94 bits per heavy atom. The zero-order chi connectivity index (χ0) is 12.5. The first-order valence-corrected chi connectivity index (χ1v) is 6.83. The van der Waals surface area contributed by atoms with Crippen molar-refractivity contribution in [3.8, 4) is 0 Å². The maximum atomic E-state index is 8.00. The number of benzene rings is 1. The van der Waals surface area contributed by atoms with Crippen LogP contribution in [-0.2, 0) is 0 Å². The molecule has 0 aliphatic heterocycles. The van der Waals surface area contributed by atoms with Crippen LogP contribution in [0.5, 0.6) is 0 Å². The van der Waals surface area contributed by atoms with Crippen LogP contribution in [0.15, 0.2) is 48.1 Å². The minimum atomic E-state index is 0.418. The van der Waals surface area contributed by atoms with Crippen LogP contribution in [0.4, 0.5) is 0 Å². The van der Waals surface area contributed by atoms with Gasteiger partial charge in [-0.2, -0.15) is 0 Å². The molecule has 2 heteroatoms. The van der Waals surface area contributed by atoms with E-state index in [1.807, 2.05) is 18.2 Å². The van der Waals surface area contributed by atoms with Gasteiger partial charge in [-0.25, -0.2) is 0 Å². The van der Waals surface area contributed by atoms with Crippen LogP contribution >= 0.6 is 11.6 Å². The third-order valence-corrected chi connectivity index (χ3v) is 4.16. The maximum absolute atomic E-state index is 8.00. The molecule has 0 fully saturated rings. The summed E-state index contributed by atoms with van der Waals surface area (Å²) in [4.78, 5) is 0. The molecule has 0 heterocycles. The Morgan fingerprint density at radius 2 is 2.11 bits per heavy atom. The van der Waals surface area contributed by atoms with Crippen LogP contribution in [0.25, 0.3) is 0 Å². The number of fused-ring (bicyclic) bond motifs is 1. The third-order valence-electron chi connectivity index (χ3n) is 3.93. The maximum Gasteiger partial charge on any atom is 0.0408 e. The number of allylic oxidation sites excluding steroid dienone is 4. The molecule has 2 unspecified atom stereocenters. The summed E-state index contributed by atoms with van der Waals surface area (Å²) in [7, 11) is 0. The summed E-state index contributed by atoms with van der Waals surface area (Å²) in [6, 6.07) is 8.13. The predicted octanol–water partition coefficient (Wildman–Crippen LogP) is 4.74. The SMILES string of the molecule is N=C1C=C2C=CCCC2C(c2cccc(Cl)c2)C1. The van der Waals surface area contributed by atoms with E-state index < -0.39 is 0 Å². The van der Waals surface area contributed by atoms with E-state index in [4.69, 9.17) is 17.0 Å². The highest BCUT2D eigenvalue weighted by Gasteiger charge is 2.30. The minimum Gasteiger partial charge on any atom is -0.305 e. The number of hydrogen-bond donors (Lipinski definition) is 1. The van der Waals surface area contributed by atoms with Crippen molar-refractivity contribution >= 4 is 17.3 Å². The Bertz CT molecular complexity index is 542. The zero-order valence-electron chi connectivity index (χ0n) is 10.2. The van der Waals surface area contributed by atoms with Gasteiger partial charge < -0.3 is 5.41 Å². The Kier molecular flexibility index (Phi) is 3.09. The first-order chi connectivity index (χ1) is 8.74. The van der Waals surface area contributed by atoms with Crippen LogP contribution in [0.1, 0.15) is 30.7 Å². The molecule has 0 radical (unpaired) electrons. The molecule has 0 aromatic heterocycles. The van der Waals surface area contributed by atoms with E-state index in [2.05, 4.69) is 24.3 Å².